The molecule has 1 saturated carbocycles. The summed E-state index contributed by atoms with van der Waals surface area (Å²) in [7, 11) is -3.50. The van der Waals surface area contributed by atoms with Crippen molar-refractivity contribution in [3.63, 3.8) is 0 Å². The molecular weight excluding hydrogens is 384 g/mol. The summed E-state index contributed by atoms with van der Waals surface area (Å²) in [6, 6.07) is 5.06. The number of hydrogen-bond donors (Lipinski definition) is 0. The third kappa shape index (κ3) is 4.14. The normalized spacial score (nSPS) is 19.9. The molecule has 1 aliphatic heterocycles. The predicted octanol–water partition coefficient (Wildman–Crippen LogP) is 3.55. The largest absolute Gasteiger partial charge is 0.444 e. The van der Waals surface area contributed by atoms with Gasteiger partial charge in [-0.1, -0.05) is 0 Å². The van der Waals surface area contributed by atoms with Gasteiger partial charge in [-0.3, -0.25) is 10.1 Å². The van der Waals surface area contributed by atoms with Crippen molar-refractivity contribution in [2.24, 2.45) is 5.41 Å². The molecular formula is C19H26N2O6S. The molecule has 2 aliphatic rings. The summed E-state index contributed by atoms with van der Waals surface area (Å²) in [5.41, 5.74) is -0.706. The van der Waals surface area contributed by atoms with Crippen molar-refractivity contribution in [3.8, 4) is 0 Å². The second kappa shape index (κ2) is 7.02. The van der Waals surface area contributed by atoms with Crippen molar-refractivity contribution in [1.82, 2.24) is 4.90 Å². The summed E-state index contributed by atoms with van der Waals surface area (Å²) in [6.45, 7) is 6.63. The van der Waals surface area contributed by atoms with Crippen LogP contribution in [-0.4, -0.2) is 48.3 Å². The Balaban J connectivity index is 1.58. The number of ether oxygens (including phenoxy) is 1. The molecule has 0 unspecified atom stereocenters. The Kier molecular flexibility index (Phi) is 5.16. The molecule has 3 rings (SSSR count). The molecule has 1 aliphatic carbocycles. The van der Waals surface area contributed by atoms with Crippen LogP contribution in [0.2, 0.25) is 0 Å². The average Bonchev–Trinajstić information content (AvgIpc) is 2.58. The lowest BCUT2D eigenvalue weighted by atomic mass is 9.63. The number of carbonyl (C=O) groups is 1. The van der Waals surface area contributed by atoms with Crippen LogP contribution in [-0.2, 0) is 14.6 Å². The first-order valence-electron chi connectivity index (χ1n) is 9.38. The smallest absolute Gasteiger partial charge is 0.410 e. The summed E-state index contributed by atoms with van der Waals surface area (Å²) < 4.78 is 31.0. The lowest BCUT2D eigenvalue weighted by Crippen LogP contribution is -2.53. The highest BCUT2D eigenvalue weighted by Gasteiger charge is 2.51. The molecule has 0 bridgehead atoms. The number of nitro benzene ring substituents is 1. The van der Waals surface area contributed by atoms with Crippen LogP contribution in [0.1, 0.15) is 46.5 Å². The van der Waals surface area contributed by atoms with Crippen molar-refractivity contribution in [2.45, 2.75) is 62.2 Å². The Hall–Kier alpha value is -2.16. The number of carbonyl (C=O) groups excluding carboxylic acids is 1. The zero-order valence-electron chi connectivity index (χ0n) is 16.4. The fourth-order valence-corrected chi connectivity index (χ4v) is 6.02. The van der Waals surface area contributed by atoms with Gasteiger partial charge in [-0.25, -0.2) is 13.2 Å². The maximum absolute atomic E-state index is 12.8. The van der Waals surface area contributed by atoms with Crippen molar-refractivity contribution in [3.05, 3.63) is 34.4 Å². The van der Waals surface area contributed by atoms with Gasteiger partial charge < -0.3 is 9.64 Å². The Morgan fingerprint density at radius 3 is 2.18 bits per heavy atom. The molecule has 1 heterocycles. The molecule has 1 amide bonds. The standard InChI is InChI=1S/C19H26N2O6S/c1-18(2,3)27-17(22)20-10-8-19(9-11-20)12-16(13-19)28(25,26)15-6-4-14(5-7-15)21(23)24/h4-7,16H,8-13H2,1-3H3. The third-order valence-corrected chi connectivity index (χ3v) is 7.75. The SMILES string of the molecule is CC(C)(C)OC(=O)N1CCC2(CC1)CC(S(=O)(=O)c1ccc([N+](=O)[O-])cc1)C2. The van der Waals surface area contributed by atoms with Gasteiger partial charge in [-0.2, -0.15) is 0 Å². The minimum Gasteiger partial charge on any atom is -0.444 e. The van der Waals surface area contributed by atoms with E-state index in [1.807, 2.05) is 20.8 Å². The molecule has 28 heavy (non-hydrogen) atoms. The van der Waals surface area contributed by atoms with Crippen molar-refractivity contribution in [2.75, 3.05) is 13.1 Å². The molecule has 1 saturated heterocycles. The second-order valence-electron chi connectivity index (χ2n) is 8.79. The van der Waals surface area contributed by atoms with E-state index in [0.717, 1.165) is 12.8 Å². The van der Waals surface area contributed by atoms with Crippen LogP contribution in [0.25, 0.3) is 0 Å². The van der Waals surface area contributed by atoms with Crippen LogP contribution in [0.5, 0.6) is 0 Å². The Labute approximate surface area is 164 Å². The molecule has 9 heteroatoms. The third-order valence-electron chi connectivity index (χ3n) is 5.61. The van der Waals surface area contributed by atoms with Crippen LogP contribution in [0, 0.1) is 15.5 Å². The molecule has 0 radical (unpaired) electrons. The summed E-state index contributed by atoms with van der Waals surface area (Å²) >= 11 is 0. The van der Waals surface area contributed by atoms with E-state index in [0.29, 0.717) is 25.9 Å². The van der Waals surface area contributed by atoms with Gasteiger partial charge in [0.25, 0.3) is 5.69 Å². The van der Waals surface area contributed by atoms with Gasteiger partial charge in [-0.05, 0) is 64.0 Å². The number of sulfone groups is 1. The Bertz CT molecular complexity index is 857. The van der Waals surface area contributed by atoms with E-state index >= 15 is 0 Å². The maximum atomic E-state index is 12.8. The van der Waals surface area contributed by atoms with Gasteiger partial charge in [0.1, 0.15) is 5.60 Å². The van der Waals surface area contributed by atoms with Gasteiger partial charge in [0.15, 0.2) is 9.84 Å². The highest BCUT2D eigenvalue weighted by Crippen LogP contribution is 2.52. The van der Waals surface area contributed by atoms with Crippen LogP contribution < -0.4 is 0 Å². The molecule has 0 N–H and O–H groups in total. The molecule has 1 spiro atoms. The maximum Gasteiger partial charge on any atom is 0.410 e. The van der Waals surface area contributed by atoms with Gasteiger partial charge >= 0.3 is 6.09 Å². The quantitative estimate of drug-likeness (QED) is 0.557. The zero-order chi connectivity index (χ0) is 20.7. The van der Waals surface area contributed by atoms with Crippen LogP contribution in [0.15, 0.2) is 29.2 Å². The topological polar surface area (TPSA) is 107 Å². The molecule has 8 nitrogen and oxygen atoms in total. The van der Waals surface area contributed by atoms with Gasteiger partial charge in [-0.15, -0.1) is 0 Å². The molecule has 1 aromatic rings. The Morgan fingerprint density at radius 1 is 1.18 bits per heavy atom. The van der Waals surface area contributed by atoms with Gasteiger partial charge in [0.2, 0.25) is 0 Å². The van der Waals surface area contributed by atoms with Crippen molar-refractivity contribution >= 4 is 21.6 Å². The van der Waals surface area contributed by atoms with Crippen molar-refractivity contribution in [1.29, 1.82) is 0 Å². The predicted molar refractivity (Wildman–Crippen MR) is 103 cm³/mol. The number of amides is 1. The highest BCUT2D eigenvalue weighted by atomic mass is 32.2. The molecule has 154 valence electrons. The summed E-state index contributed by atoms with van der Waals surface area (Å²) in [6.07, 6.45) is 2.33. The lowest BCUT2D eigenvalue weighted by Gasteiger charge is -2.51. The molecule has 0 atom stereocenters. The average molecular weight is 410 g/mol. The minimum atomic E-state index is -3.50. The van der Waals surface area contributed by atoms with E-state index in [4.69, 9.17) is 4.74 Å². The number of likely N-dealkylation sites (tertiary alicyclic amines) is 1. The Morgan fingerprint density at radius 2 is 1.71 bits per heavy atom. The zero-order valence-corrected chi connectivity index (χ0v) is 17.2. The number of nitrogens with zero attached hydrogens (tertiary/aromatic N) is 2. The first-order valence-corrected chi connectivity index (χ1v) is 10.9. The number of piperidine rings is 1. The summed E-state index contributed by atoms with van der Waals surface area (Å²) in [5, 5.41) is 10.3. The van der Waals surface area contributed by atoms with Crippen LogP contribution >= 0.6 is 0 Å². The van der Waals surface area contributed by atoms with E-state index < -0.39 is 25.6 Å². The van der Waals surface area contributed by atoms with E-state index in [1.54, 1.807) is 4.90 Å². The van der Waals surface area contributed by atoms with Gasteiger partial charge in [0, 0.05) is 25.2 Å². The molecule has 2 fully saturated rings. The second-order valence-corrected chi connectivity index (χ2v) is 11.0. The van der Waals surface area contributed by atoms with Gasteiger partial charge in [0.05, 0.1) is 15.1 Å². The molecule has 1 aromatic carbocycles. The minimum absolute atomic E-state index is 0.0446. The number of non-ortho nitro benzene ring substituents is 1. The summed E-state index contributed by atoms with van der Waals surface area (Å²) in [4.78, 5) is 24.2. The van der Waals surface area contributed by atoms with E-state index in [1.165, 1.54) is 24.3 Å². The number of benzene rings is 1. The monoisotopic (exact) mass is 410 g/mol. The number of nitro groups is 1. The summed E-state index contributed by atoms with van der Waals surface area (Å²) in [5.74, 6) is 0. The molecule has 0 aromatic heterocycles. The fraction of sp³-hybridized carbons (Fsp3) is 0.632. The highest BCUT2D eigenvalue weighted by molar-refractivity contribution is 7.92. The number of hydrogen-bond acceptors (Lipinski definition) is 6. The number of rotatable bonds is 3. The van der Waals surface area contributed by atoms with E-state index in [-0.39, 0.29) is 22.1 Å². The van der Waals surface area contributed by atoms with E-state index in [2.05, 4.69) is 0 Å². The first-order chi connectivity index (χ1) is 12.9. The fourth-order valence-electron chi connectivity index (χ4n) is 3.97. The van der Waals surface area contributed by atoms with Crippen LogP contribution in [0.3, 0.4) is 0 Å². The van der Waals surface area contributed by atoms with Crippen LogP contribution in [0.4, 0.5) is 10.5 Å². The lowest BCUT2D eigenvalue weighted by molar-refractivity contribution is -0.384. The van der Waals surface area contributed by atoms with E-state index in [9.17, 15) is 23.3 Å². The first kappa shape index (κ1) is 20.6. The van der Waals surface area contributed by atoms with Crippen molar-refractivity contribution < 1.29 is 22.9 Å².